The molecule has 0 amide bonds. The first-order valence-corrected chi connectivity index (χ1v) is 6.17. The number of benzene rings is 1. The van der Waals surface area contributed by atoms with Gasteiger partial charge in [-0.2, -0.15) is 0 Å². The molecule has 1 atom stereocenters. The van der Waals surface area contributed by atoms with Crippen molar-refractivity contribution in [1.29, 1.82) is 0 Å². The van der Waals surface area contributed by atoms with Crippen molar-refractivity contribution in [2.45, 2.75) is 19.4 Å². The Labute approximate surface area is 103 Å². The van der Waals surface area contributed by atoms with Gasteiger partial charge in [0.05, 0.1) is 0 Å². The summed E-state index contributed by atoms with van der Waals surface area (Å²) >= 11 is 0. The number of hydrogen-bond acceptors (Lipinski definition) is 2. The summed E-state index contributed by atoms with van der Waals surface area (Å²) in [7, 11) is 2.10. The van der Waals surface area contributed by atoms with E-state index in [0.717, 1.165) is 19.5 Å². The highest BCUT2D eigenvalue weighted by molar-refractivity contribution is 5.83. The molecule has 0 saturated heterocycles. The zero-order chi connectivity index (χ0) is 12.3. The van der Waals surface area contributed by atoms with Crippen LogP contribution in [0.3, 0.4) is 0 Å². The number of hydrogen-bond donors (Lipinski definition) is 2. The first-order chi connectivity index (χ1) is 8.18. The van der Waals surface area contributed by atoms with E-state index < -0.39 is 0 Å². The minimum Gasteiger partial charge on any atom is -0.350 e. The number of aromatic nitrogens is 1. The number of fused-ring (bicyclic) bond motifs is 1. The van der Waals surface area contributed by atoms with Crippen LogP contribution in [-0.4, -0.2) is 23.7 Å². The van der Waals surface area contributed by atoms with Gasteiger partial charge in [-0.15, -0.1) is 0 Å². The number of nitrogens with one attached hydrogen (secondary N) is 1. The summed E-state index contributed by atoms with van der Waals surface area (Å²) in [5, 5.41) is 4.73. The van der Waals surface area contributed by atoms with Gasteiger partial charge in [0.2, 0.25) is 0 Å². The highest BCUT2D eigenvalue weighted by Crippen LogP contribution is 2.20. The van der Waals surface area contributed by atoms with Crippen LogP contribution >= 0.6 is 0 Å². The average Bonchev–Trinajstić information content (AvgIpc) is 2.63. The molecule has 17 heavy (non-hydrogen) atoms. The Kier molecular flexibility index (Phi) is 3.82. The van der Waals surface area contributed by atoms with Crippen molar-refractivity contribution >= 4 is 10.9 Å². The molecule has 0 bridgehead atoms. The van der Waals surface area contributed by atoms with Crippen molar-refractivity contribution in [3.05, 3.63) is 36.0 Å². The van der Waals surface area contributed by atoms with Crippen molar-refractivity contribution in [3.8, 4) is 0 Å². The molecule has 0 aliphatic carbocycles. The van der Waals surface area contributed by atoms with Crippen LogP contribution in [0.25, 0.3) is 10.9 Å². The maximum absolute atomic E-state index is 5.70. The lowest BCUT2D eigenvalue weighted by Gasteiger charge is -2.06. The fraction of sp³-hybridized carbons (Fsp3) is 0.429. The van der Waals surface area contributed by atoms with Crippen LogP contribution in [-0.2, 0) is 13.5 Å². The molecule has 0 aliphatic heterocycles. The predicted octanol–water partition coefficient (Wildman–Crippen LogP) is 1.66. The van der Waals surface area contributed by atoms with E-state index >= 15 is 0 Å². The topological polar surface area (TPSA) is 43.0 Å². The zero-order valence-electron chi connectivity index (χ0n) is 10.6. The van der Waals surface area contributed by atoms with Gasteiger partial charge in [0.25, 0.3) is 0 Å². The molecule has 0 saturated carbocycles. The van der Waals surface area contributed by atoms with Crippen LogP contribution in [0.2, 0.25) is 0 Å². The Hall–Kier alpha value is -1.32. The van der Waals surface area contributed by atoms with Gasteiger partial charge in [0.15, 0.2) is 0 Å². The van der Waals surface area contributed by atoms with Crippen LogP contribution in [0.15, 0.2) is 30.5 Å². The largest absolute Gasteiger partial charge is 0.350 e. The molecule has 1 aromatic heterocycles. The fourth-order valence-electron chi connectivity index (χ4n) is 2.18. The van der Waals surface area contributed by atoms with Crippen LogP contribution in [0.4, 0.5) is 0 Å². The molecule has 92 valence electrons. The Morgan fingerprint density at radius 1 is 1.35 bits per heavy atom. The highest BCUT2D eigenvalue weighted by Gasteiger charge is 2.05. The Morgan fingerprint density at radius 3 is 2.88 bits per heavy atom. The monoisotopic (exact) mass is 231 g/mol. The second kappa shape index (κ2) is 5.34. The minimum absolute atomic E-state index is 0.225. The van der Waals surface area contributed by atoms with E-state index in [4.69, 9.17) is 5.73 Å². The average molecular weight is 231 g/mol. The van der Waals surface area contributed by atoms with Gasteiger partial charge in [-0.25, -0.2) is 0 Å². The second-order valence-corrected chi connectivity index (χ2v) is 4.71. The molecule has 3 N–H and O–H groups in total. The fourth-order valence-corrected chi connectivity index (χ4v) is 2.18. The molecular formula is C14H21N3. The van der Waals surface area contributed by atoms with Crippen molar-refractivity contribution in [2.24, 2.45) is 12.8 Å². The molecule has 0 aliphatic rings. The summed E-state index contributed by atoms with van der Waals surface area (Å²) in [6, 6.07) is 8.76. The number of aryl methyl sites for hydroxylation is 1. The predicted molar refractivity (Wildman–Crippen MR) is 73.1 cm³/mol. The summed E-state index contributed by atoms with van der Waals surface area (Å²) in [4.78, 5) is 0. The summed E-state index contributed by atoms with van der Waals surface area (Å²) in [6.07, 6.45) is 3.27. The van der Waals surface area contributed by atoms with Crippen molar-refractivity contribution in [1.82, 2.24) is 9.88 Å². The van der Waals surface area contributed by atoms with Gasteiger partial charge in [0, 0.05) is 36.7 Å². The Morgan fingerprint density at radius 2 is 2.12 bits per heavy atom. The minimum atomic E-state index is 0.225. The molecule has 1 heterocycles. The van der Waals surface area contributed by atoms with Crippen LogP contribution in [0, 0.1) is 0 Å². The van der Waals surface area contributed by atoms with E-state index in [2.05, 4.69) is 47.4 Å². The third kappa shape index (κ3) is 2.87. The van der Waals surface area contributed by atoms with Gasteiger partial charge in [-0.3, -0.25) is 0 Å². The van der Waals surface area contributed by atoms with Crippen LogP contribution in [0.1, 0.15) is 12.5 Å². The zero-order valence-corrected chi connectivity index (χ0v) is 10.6. The van der Waals surface area contributed by atoms with E-state index in [1.165, 1.54) is 16.5 Å². The summed E-state index contributed by atoms with van der Waals surface area (Å²) < 4.78 is 2.19. The highest BCUT2D eigenvalue weighted by atomic mass is 14.9. The van der Waals surface area contributed by atoms with Gasteiger partial charge in [0.1, 0.15) is 0 Å². The number of nitrogens with zero attached hydrogens (tertiary/aromatic N) is 1. The first-order valence-electron chi connectivity index (χ1n) is 6.17. The Balaban J connectivity index is 2.04. The molecule has 1 unspecified atom stereocenters. The van der Waals surface area contributed by atoms with Crippen molar-refractivity contribution in [3.63, 3.8) is 0 Å². The van der Waals surface area contributed by atoms with Gasteiger partial charge >= 0.3 is 0 Å². The lowest BCUT2D eigenvalue weighted by molar-refractivity contribution is 0.609. The van der Waals surface area contributed by atoms with Gasteiger partial charge in [-0.1, -0.05) is 18.2 Å². The second-order valence-electron chi connectivity index (χ2n) is 4.71. The lowest BCUT2D eigenvalue weighted by atomic mass is 10.1. The van der Waals surface area contributed by atoms with Gasteiger partial charge < -0.3 is 15.6 Å². The summed E-state index contributed by atoms with van der Waals surface area (Å²) in [6.45, 7) is 3.88. The van der Waals surface area contributed by atoms with E-state index in [9.17, 15) is 0 Å². The molecule has 0 fully saturated rings. The van der Waals surface area contributed by atoms with E-state index in [1.54, 1.807) is 0 Å². The molecule has 0 radical (unpaired) electrons. The number of para-hydroxylation sites is 1. The van der Waals surface area contributed by atoms with E-state index in [0.29, 0.717) is 0 Å². The normalized spacial score (nSPS) is 13.1. The lowest BCUT2D eigenvalue weighted by Crippen LogP contribution is -2.32. The third-order valence-electron chi connectivity index (χ3n) is 3.02. The molecule has 1 aromatic carbocycles. The Bertz CT molecular complexity index is 485. The van der Waals surface area contributed by atoms with E-state index in [-0.39, 0.29) is 6.04 Å². The third-order valence-corrected chi connectivity index (χ3v) is 3.02. The van der Waals surface area contributed by atoms with Crippen molar-refractivity contribution < 1.29 is 0 Å². The maximum atomic E-state index is 5.70. The van der Waals surface area contributed by atoms with Crippen LogP contribution in [0.5, 0.6) is 0 Å². The quantitative estimate of drug-likeness (QED) is 0.769. The summed E-state index contributed by atoms with van der Waals surface area (Å²) in [5.41, 5.74) is 8.40. The SMILES string of the molecule is CC(N)CNCCc1cn(C)c2ccccc12. The standard InChI is InChI=1S/C14H21N3/c1-11(15)9-16-8-7-12-10-17(2)14-6-4-3-5-13(12)14/h3-6,10-11,16H,7-9,15H2,1-2H3. The molecule has 3 heteroatoms. The summed E-state index contributed by atoms with van der Waals surface area (Å²) in [5.74, 6) is 0. The number of nitrogens with two attached hydrogens (primary N) is 1. The smallest absolute Gasteiger partial charge is 0.0480 e. The number of rotatable bonds is 5. The molecule has 0 spiro atoms. The molecule has 2 aromatic rings. The van der Waals surface area contributed by atoms with Gasteiger partial charge in [-0.05, 0) is 31.5 Å². The molecule has 2 rings (SSSR count). The van der Waals surface area contributed by atoms with E-state index in [1.807, 2.05) is 6.92 Å². The maximum Gasteiger partial charge on any atom is 0.0480 e. The first kappa shape index (κ1) is 12.1. The molecule has 3 nitrogen and oxygen atoms in total. The van der Waals surface area contributed by atoms with Crippen molar-refractivity contribution in [2.75, 3.05) is 13.1 Å². The van der Waals surface area contributed by atoms with Crippen LogP contribution < -0.4 is 11.1 Å². The molecular weight excluding hydrogens is 210 g/mol.